The maximum absolute atomic E-state index is 12.3. The first-order valence-corrected chi connectivity index (χ1v) is 11.9. The summed E-state index contributed by atoms with van der Waals surface area (Å²) in [5.41, 5.74) is 4.84. The molecule has 0 radical (unpaired) electrons. The molecule has 0 saturated heterocycles. The van der Waals surface area contributed by atoms with Gasteiger partial charge in [-0.2, -0.15) is 0 Å². The zero-order valence-corrected chi connectivity index (χ0v) is 21.4. The summed E-state index contributed by atoms with van der Waals surface area (Å²) in [6.07, 6.45) is 12.2. The first-order chi connectivity index (χ1) is 14.8. The largest absolute Gasteiger partial charge is 0.502 e. The minimum Gasteiger partial charge on any atom is -0.502 e. The van der Waals surface area contributed by atoms with Gasteiger partial charge in [-0.15, -0.1) is 0 Å². The number of aliphatic hydroxyl groups excluding tert-OH is 2. The molecule has 4 nitrogen and oxygen atoms in total. The predicted molar refractivity (Wildman–Crippen MR) is 131 cm³/mol. The molecule has 1 saturated carbocycles. The Morgan fingerprint density at radius 3 is 2.41 bits per heavy atom. The van der Waals surface area contributed by atoms with Crippen molar-refractivity contribution in [1.29, 1.82) is 0 Å². The van der Waals surface area contributed by atoms with Crippen molar-refractivity contribution in [2.75, 3.05) is 7.11 Å². The minimum atomic E-state index is -0.964. The molecule has 2 rings (SSSR count). The van der Waals surface area contributed by atoms with Gasteiger partial charge in [-0.1, -0.05) is 62.6 Å². The third-order valence-corrected chi connectivity index (χ3v) is 7.17. The Bertz CT molecular complexity index is 812. The Kier molecular flexibility index (Phi) is 8.61. The van der Waals surface area contributed by atoms with Crippen molar-refractivity contribution in [3.8, 4) is 0 Å². The second-order valence-electron chi connectivity index (χ2n) is 11.5. The number of carbonyl (C=O) groups is 1. The van der Waals surface area contributed by atoms with Crippen LogP contribution in [-0.2, 0) is 9.53 Å². The van der Waals surface area contributed by atoms with Crippen molar-refractivity contribution in [2.45, 2.75) is 93.1 Å². The van der Waals surface area contributed by atoms with Crippen molar-refractivity contribution in [3.05, 3.63) is 46.5 Å². The molecule has 0 heterocycles. The summed E-state index contributed by atoms with van der Waals surface area (Å²) in [5, 5.41) is 20.5. The summed E-state index contributed by atoms with van der Waals surface area (Å²) in [6, 6.07) is 0. The molecule has 0 aromatic heterocycles. The number of methoxy groups -OCH3 is 1. The number of Topliss-reactive ketones (excluding diaryl/α,β-unsaturated/α-hetero) is 1. The van der Waals surface area contributed by atoms with Gasteiger partial charge in [0.05, 0.1) is 7.11 Å². The van der Waals surface area contributed by atoms with Crippen LogP contribution in [0.5, 0.6) is 0 Å². The molecular formula is C28H44O4. The van der Waals surface area contributed by atoms with Gasteiger partial charge in [0, 0.05) is 11.8 Å². The van der Waals surface area contributed by atoms with E-state index in [9.17, 15) is 15.0 Å². The Hall–Kier alpha value is -1.81. The molecule has 2 N–H and O–H groups in total. The molecule has 0 aliphatic heterocycles. The molecule has 0 aromatic carbocycles. The van der Waals surface area contributed by atoms with Crippen molar-refractivity contribution in [3.63, 3.8) is 0 Å². The van der Waals surface area contributed by atoms with E-state index in [4.69, 9.17) is 4.74 Å². The fraction of sp³-hybridized carbons (Fsp3) is 0.679. The standard InChI is InChI=1S/C28H44O4/c1-18(2)11-14-28(7)16-21(17-28)12-13-27(5,6)15-19(3)9-10-22-20(4)23(29)25(31)26(32-8)24(22)30/h9,11-12,20,22,24,30-31H,10,13-17H2,1-8H3/b19-9+,21-12?. The average molecular weight is 445 g/mol. The van der Waals surface area contributed by atoms with Crippen LogP contribution >= 0.6 is 0 Å². The highest BCUT2D eigenvalue weighted by atomic mass is 16.5. The second kappa shape index (κ2) is 10.4. The van der Waals surface area contributed by atoms with Gasteiger partial charge in [0.15, 0.2) is 11.5 Å². The minimum absolute atomic E-state index is 0.00630. The molecule has 4 heteroatoms. The lowest BCUT2D eigenvalue weighted by atomic mass is 9.64. The Morgan fingerprint density at radius 2 is 1.84 bits per heavy atom. The average Bonchev–Trinajstić information content (AvgIpc) is 2.67. The van der Waals surface area contributed by atoms with Crippen LogP contribution in [0.2, 0.25) is 0 Å². The van der Waals surface area contributed by atoms with Gasteiger partial charge in [0.1, 0.15) is 6.10 Å². The fourth-order valence-electron chi connectivity index (χ4n) is 5.13. The number of allylic oxidation sites excluding steroid dienone is 7. The van der Waals surface area contributed by atoms with E-state index in [1.165, 1.54) is 37.5 Å². The maximum atomic E-state index is 12.3. The lowest BCUT2D eigenvalue weighted by molar-refractivity contribution is -0.127. The Balaban J connectivity index is 1.92. The van der Waals surface area contributed by atoms with E-state index in [0.717, 1.165) is 12.8 Å². The van der Waals surface area contributed by atoms with Gasteiger partial charge in [-0.05, 0) is 70.1 Å². The topological polar surface area (TPSA) is 66.8 Å². The number of carbonyl (C=O) groups excluding carboxylic acids is 1. The molecule has 0 bridgehead atoms. The van der Waals surface area contributed by atoms with E-state index in [1.54, 1.807) is 12.5 Å². The van der Waals surface area contributed by atoms with Crippen LogP contribution in [0.3, 0.4) is 0 Å². The number of ether oxygens (including phenoxy) is 1. The van der Waals surface area contributed by atoms with Gasteiger partial charge in [-0.25, -0.2) is 0 Å². The van der Waals surface area contributed by atoms with Crippen LogP contribution in [0.25, 0.3) is 0 Å². The van der Waals surface area contributed by atoms with E-state index < -0.39 is 17.8 Å². The molecule has 0 aromatic rings. The molecule has 0 spiro atoms. The van der Waals surface area contributed by atoms with Crippen molar-refractivity contribution >= 4 is 5.78 Å². The van der Waals surface area contributed by atoms with Crippen molar-refractivity contribution < 1.29 is 19.7 Å². The van der Waals surface area contributed by atoms with E-state index >= 15 is 0 Å². The highest BCUT2D eigenvalue weighted by Gasteiger charge is 2.41. The highest BCUT2D eigenvalue weighted by Crippen LogP contribution is 2.48. The number of aliphatic hydroxyl groups is 2. The molecule has 32 heavy (non-hydrogen) atoms. The summed E-state index contributed by atoms with van der Waals surface area (Å²) >= 11 is 0. The summed E-state index contributed by atoms with van der Waals surface area (Å²) in [7, 11) is 1.37. The maximum Gasteiger partial charge on any atom is 0.203 e. The zero-order chi connectivity index (χ0) is 24.3. The number of rotatable bonds is 9. The molecule has 2 aliphatic rings. The molecule has 180 valence electrons. The van der Waals surface area contributed by atoms with Gasteiger partial charge >= 0.3 is 0 Å². The summed E-state index contributed by atoms with van der Waals surface area (Å²) in [4.78, 5) is 12.3. The number of hydrogen-bond donors (Lipinski definition) is 2. The lowest BCUT2D eigenvalue weighted by Gasteiger charge is -2.41. The van der Waals surface area contributed by atoms with Crippen LogP contribution in [0.15, 0.2) is 46.5 Å². The molecule has 1 fully saturated rings. The van der Waals surface area contributed by atoms with Crippen LogP contribution < -0.4 is 0 Å². The van der Waals surface area contributed by atoms with E-state index in [1.807, 2.05) is 0 Å². The van der Waals surface area contributed by atoms with Gasteiger partial charge < -0.3 is 14.9 Å². The molecule has 3 atom stereocenters. The van der Waals surface area contributed by atoms with Crippen LogP contribution in [0.1, 0.15) is 87.0 Å². The summed E-state index contributed by atoms with van der Waals surface area (Å²) < 4.78 is 5.09. The molecular weight excluding hydrogens is 400 g/mol. The van der Waals surface area contributed by atoms with Crippen molar-refractivity contribution in [1.82, 2.24) is 0 Å². The second-order valence-corrected chi connectivity index (χ2v) is 11.5. The summed E-state index contributed by atoms with van der Waals surface area (Å²) in [6.45, 7) is 15.2. The molecule has 3 unspecified atom stereocenters. The van der Waals surface area contributed by atoms with E-state index in [-0.39, 0.29) is 22.9 Å². The SMILES string of the molecule is COC1=C(O)C(=O)C(C)C(C/C=C(\C)CC(C)(C)CC=C2CC(C)(CC=C(C)C)C2)C1O. The highest BCUT2D eigenvalue weighted by molar-refractivity contribution is 5.96. The van der Waals surface area contributed by atoms with Gasteiger partial charge in [-0.3, -0.25) is 4.79 Å². The van der Waals surface area contributed by atoms with Gasteiger partial charge in [0.2, 0.25) is 5.78 Å². The van der Waals surface area contributed by atoms with E-state index in [2.05, 4.69) is 59.8 Å². The van der Waals surface area contributed by atoms with Crippen LogP contribution in [0, 0.1) is 22.7 Å². The first-order valence-electron chi connectivity index (χ1n) is 11.9. The predicted octanol–water partition coefficient (Wildman–Crippen LogP) is 6.82. The Morgan fingerprint density at radius 1 is 1.22 bits per heavy atom. The molecule has 2 aliphatic carbocycles. The monoisotopic (exact) mass is 444 g/mol. The van der Waals surface area contributed by atoms with Gasteiger partial charge in [0.25, 0.3) is 0 Å². The Labute approximate surface area is 195 Å². The van der Waals surface area contributed by atoms with E-state index in [0.29, 0.717) is 11.8 Å². The van der Waals surface area contributed by atoms with Crippen LogP contribution in [0.4, 0.5) is 0 Å². The van der Waals surface area contributed by atoms with Crippen molar-refractivity contribution in [2.24, 2.45) is 22.7 Å². The number of ketones is 1. The third-order valence-electron chi connectivity index (χ3n) is 7.17. The smallest absolute Gasteiger partial charge is 0.203 e. The lowest BCUT2D eigenvalue weighted by Crippen LogP contribution is -2.39. The fourth-order valence-corrected chi connectivity index (χ4v) is 5.13. The number of hydrogen-bond acceptors (Lipinski definition) is 4. The normalized spacial score (nSPS) is 29.0. The first kappa shape index (κ1) is 26.4. The molecule has 0 amide bonds. The summed E-state index contributed by atoms with van der Waals surface area (Å²) in [5.74, 6) is -1.53. The van der Waals surface area contributed by atoms with Crippen LogP contribution in [-0.4, -0.2) is 29.2 Å². The quantitative estimate of drug-likeness (QED) is 0.383. The zero-order valence-electron chi connectivity index (χ0n) is 21.4. The third kappa shape index (κ3) is 6.60.